The van der Waals surface area contributed by atoms with Gasteiger partial charge in [0.1, 0.15) is 0 Å². The summed E-state index contributed by atoms with van der Waals surface area (Å²) >= 11 is 3.23. The highest BCUT2D eigenvalue weighted by Crippen LogP contribution is 2.23. The third kappa shape index (κ3) is 2.66. The lowest BCUT2D eigenvalue weighted by Gasteiger charge is -2.08. The van der Waals surface area contributed by atoms with Crippen LogP contribution in [-0.2, 0) is 12.8 Å². The van der Waals surface area contributed by atoms with Gasteiger partial charge in [-0.2, -0.15) is 0 Å². The number of hydrogen-bond donors (Lipinski definition) is 1. The van der Waals surface area contributed by atoms with E-state index in [-0.39, 0.29) is 6.04 Å². The molecule has 0 aromatic carbocycles. The fourth-order valence-corrected chi connectivity index (χ4v) is 3.12. The summed E-state index contributed by atoms with van der Waals surface area (Å²) in [5.41, 5.74) is 7.23. The largest absolute Gasteiger partial charge is 0.323 e. The lowest BCUT2D eigenvalue weighted by Crippen LogP contribution is -2.11. The third-order valence-electron chi connectivity index (χ3n) is 2.54. The number of aryl methyl sites for hydroxylation is 2. The van der Waals surface area contributed by atoms with E-state index in [4.69, 9.17) is 5.73 Å². The first-order chi connectivity index (χ1) is 7.81. The minimum Gasteiger partial charge on any atom is -0.323 e. The maximum absolute atomic E-state index is 6.17. The molecule has 2 heterocycles. The Morgan fingerprint density at radius 3 is 3.06 bits per heavy atom. The van der Waals surface area contributed by atoms with Crippen LogP contribution >= 0.6 is 22.9 Å². The third-order valence-corrected chi connectivity index (χ3v) is 4.37. The van der Waals surface area contributed by atoms with Crippen LogP contribution < -0.4 is 5.73 Å². The number of rotatable bonds is 5. The maximum atomic E-state index is 6.17. The van der Waals surface area contributed by atoms with Crippen LogP contribution in [0.25, 0.3) is 0 Å². The standard InChI is InChI=1S/C11H15N3S2/c1-2-10-11(16-14-13-10)9(12)6-5-8-4-3-7-15-8/h3-4,7,9H,2,5-6,12H2,1H3. The minimum atomic E-state index is 0.0806. The van der Waals surface area contributed by atoms with E-state index in [0.717, 1.165) is 29.8 Å². The van der Waals surface area contributed by atoms with E-state index >= 15 is 0 Å². The molecule has 86 valence electrons. The average molecular weight is 253 g/mol. The van der Waals surface area contributed by atoms with Crippen molar-refractivity contribution >= 4 is 22.9 Å². The zero-order valence-corrected chi connectivity index (χ0v) is 10.9. The summed E-state index contributed by atoms with van der Waals surface area (Å²) in [6.45, 7) is 2.09. The number of nitrogens with zero attached hydrogens (tertiary/aromatic N) is 2. The second-order valence-electron chi connectivity index (χ2n) is 3.66. The number of hydrogen-bond acceptors (Lipinski definition) is 5. The lowest BCUT2D eigenvalue weighted by molar-refractivity contribution is 0.657. The quantitative estimate of drug-likeness (QED) is 0.891. The van der Waals surface area contributed by atoms with Gasteiger partial charge >= 0.3 is 0 Å². The van der Waals surface area contributed by atoms with Gasteiger partial charge in [0.25, 0.3) is 0 Å². The molecule has 2 aromatic rings. The van der Waals surface area contributed by atoms with Crippen molar-refractivity contribution < 1.29 is 0 Å². The Kier molecular flexibility index (Phi) is 4.04. The molecule has 1 atom stereocenters. The minimum absolute atomic E-state index is 0.0806. The first-order valence-corrected chi connectivity index (χ1v) is 7.05. The summed E-state index contributed by atoms with van der Waals surface area (Å²) < 4.78 is 3.97. The summed E-state index contributed by atoms with van der Waals surface area (Å²) in [5, 5.41) is 6.20. The molecule has 0 saturated heterocycles. The van der Waals surface area contributed by atoms with E-state index in [2.05, 4.69) is 34.0 Å². The molecule has 16 heavy (non-hydrogen) atoms. The highest BCUT2D eigenvalue weighted by molar-refractivity contribution is 7.09. The van der Waals surface area contributed by atoms with Gasteiger partial charge in [0.05, 0.1) is 10.6 Å². The van der Waals surface area contributed by atoms with Crippen LogP contribution in [0.3, 0.4) is 0 Å². The molecule has 2 N–H and O–H groups in total. The van der Waals surface area contributed by atoms with Gasteiger partial charge in [0.2, 0.25) is 0 Å². The van der Waals surface area contributed by atoms with E-state index in [1.165, 1.54) is 16.4 Å². The predicted molar refractivity (Wildman–Crippen MR) is 68.9 cm³/mol. The highest BCUT2D eigenvalue weighted by atomic mass is 32.1. The van der Waals surface area contributed by atoms with Crippen molar-refractivity contribution in [1.29, 1.82) is 0 Å². The summed E-state index contributed by atoms with van der Waals surface area (Å²) in [6, 6.07) is 4.32. The number of thiophene rings is 1. The van der Waals surface area contributed by atoms with E-state index < -0.39 is 0 Å². The van der Waals surface area contributed by atoms with Crippen LogP contribution in [0.2, 0.25) is 0 Å². The van der Waals surface area contributed by atoms with Crippen LogP contribution in [0.15, 0.2) is 17.5 Å². The molecule has 0 aliphatic carbocycles. The van der Waals surface area contributed by atoms with Gasteiger partial charge in [0, 0.05) is 10.9 Å². The topological polar surface area (TPSA) is 51.8 Å². The monoisotopic (exact) mass is 253 g/mol. The van der Waals surface area contributed by atoms with Gasteiger partial charge in [0.15, 0.2) is 0 Å². The van der Waals surface area contributed by atoms with Crippen molar-refractivity contribution in [3.63, 3.8) is 0 Å². The zero-order chi connectivity index (χ0) is 11.4. The van der Waals surface area contributed by atoms with Crippen molar-refractivity contribution in [2.75, 3.05) is 0 Å². The van der Waals surface area contributed by atoms with Crippen molar-refractivity contribution in [1.82, 2.24) is 9.59 Å². The van der Waals surface area contributed by atoms with Crippen molar-refractivity contribution in [3.8, 4) is 0 Å². The van der Waals surface area contributed by atoms with E-state index in [0.29, 0.717) is 0 Å². The molecule has 0 amide bonds. The first kappa shape index (κ1) is 11.7. The molecular formula is C11H15N3S2. The van der Waals surface area contributed by atoms with Gasteiger partial charge < -0.3 is 5.73 Å². The average Bonchev–Trinajstić information content (AvgIpc) is 2.96. The molecule has 0 aliphatic rings. The second-order valence-corrected chi connectivity index (χ2v) is 5.48. The van der Waals surface area contributed by atoms with Gasteiger partial charge in [-0.1, -0.05) is 17.5 Å². The zero-order valence-electron chi connectivity index (χ0n) is 9.22. The molecule has 3 nitrogen and oxygen atoms in total. The second kappa shape index (κ2) is 5.52. The highest BCUT2D eigenvalue weighted by Gasteiger charge is 2.14. The van der Waals surface area contributed by atoms with Gasteiger partial charge in [-0.15, -0.1) is 16.4 Å². The van der Waals surface area contributed by atoms with Crippen molar-refractivity contribution in [2.24, 2.45) is 5.73 Å². The molecule has 0 bridgehead atoms. The molecule has 2 aromatic heterocycles. The first-order valence-electron chi connectivity index (χ1n) is 5.40. The summed E-state index contributed by atoms with van der Waals surface area (Å²) in [7, 11) is 0. The maximum Gasteiger partial charge on any atom is 0.0800 e. The molecular weight excluding hydrogens is 238 g/mol. The summed E-state index contributed by atoms with van der Waals surface area (Å²) in [4.78, 5) is 2.55. The van der Waals surface area contributed by atoms with Crippen LogP contribution in [0.4, 0.5) is 0 Å². The summed E-state index contributed by atoms with van der Waals surface area (Å²) in [6.07, 6.45) is 2.93. The molecule has 1 unspecified atom stereocenters. The Labute approximate surface area is 103 Å². The van der Waals surface area contributed by atoms with Gasteiger partial charge in [-0.3, -0.25) is 0 Å². The normalized spacial score (nSPS) is 12.9. The Morgan fingerprint density at radius 1 is 1.50 bits per heavy atom. The Balaban J connectivity index is 1.95. The van der Waals surface area contributed by atoms with Crippen LogP contribution in [-0.4, -0.2) is 9.59 Å². The van der Waals surface area contributed by atoms with E-state index in [9.17, 15) is 0 Å². The molecule has 0 spiro atoms. The van der Waals surface area contributed by atoms with Crippen molar-refractivity contribution in [3.05, 3.63) is 33.0 Å². The van der Waals surface area contributed by atoms with Crippen LogP contribution in [0.5, 0.6) is 0 Å². The van der Waals surface area contributed by atoms with E-state index in [1.807, 2.05) is 0 Å². The molecule has 5 heteroatoms. The SMILES string of the molecule is CCc1nnsc1C(N)CCc1cccs1. The molecule has 0 aliphatic heterocycles. The number of nitrogens with two attached hydrogens (primary N) is 1. The van der Waals surface area contributed by atoms with E-state index in [1.54, 1.807) is 11.3 Å². The molecule has 0 radical (unpaired) electrons. The molecule has 2 rings (SSSR count). The molecule has 0 saturated carbocycles. The van der Waals surface area contributed by atoms with Crippen LogP contribution in [0, 0.1) is 0 Å². The fraction of sp³-hybridized carbons (Fsp3) is 0.455. The fourth-order valence-electron chi connectivity index (χ4n) is 1.63. The van der Waals surface area contributed by atoms with Gasteiger partial charge in [-0.25, -0.2) is 0 Å². The Morgan fingerprint density at radius 2 is 2.38 bits per heavy atom. The van der Waals surface area contributed by atoms with Gasteiger partial charge in [-0.05, 0) is 42.2 Å². The smallest absolute Gasteiger partial charge is 0.0800 e. The molecule has 0 fully saturated rings. The summed E-state index contributed by atoms with van der Waals surface area (Å²) in [5.74, 6) is 0. The lowest BCUT2D eigenvalue weighted by atomic mass is 10.1. The van der Waals surface area contributed by atoms with Crippen molar-refractivity contribution in [2.45, 2.75) is 32.2 Å². The Hall–Kier alpha value is -0.780. The predicted octanol–water partition coefficient (Wildman–Crippen LogP) is 2.79. The number of aromatic nitrogens is 2. The Bertz CT molecular complexity index is 422. The van der Waals surface area contributed by atoms with Crippen LogP contribution in [0.1, 0.15) is 34.8 Å².